The normalized spacial score (nSPS) is 12.7. The van der Waals surface area contributed by atoms with Gasteiger partial charge in [0.1, 0.15) is 0 Å². The first-order chi connectivity index (χ1) is 41.5. The van der Waals surface area contributed by atoms with Crippen molar-refractivity contribution < 1.29 is 24.5 Å². The zero-order valence-corrected chi connectivity index (χ0v) is 56.9. The summed E-state index contributed by atoms with van der Waals surface area (Å²) >= 11 is 0. The number of hydrogen-bond acceptors (Lipinski definition) is 5. The molecule has 6 heteroatoms. The number of nitrogens with one attached hydrogen (secondary N) is 1. The van der Waals surface area contributed by atoms with Crippen molar-refractivity contribution in [3.8, 4) is 0 Å². The molecule has 0 aromatic heterocycles. The van der Waals surface area contributed by atoms with E-state index in [1.807, 2.05) is 6.08 Å². The van der Waals surface area contributed by atoms with Crippen LogP contribution in [-0.4, -0.2) is 47.4 Å². The van der Waals surface area contributed by atoms with Crippen molar-refractivity contribution in [2.24, 2.45) is 0 Å². The smallest absolute Gasteiger partial charge is 0.305 e. The molecule has 0 aliphatic heterocycles. The van der Waals surface area contributed by atoms with Crippen molar-refractivity contribution in [2.45, 2.75) is 437 Å². The Bertz CT molecular complexity index is 1360. The largest absolute Gasteiger partial charge is 0.466 e. The molecular formula is C78H149NO5. The Morgan fingerprint density at radius 3 is 0.905 bits per heavy atom. The molecule has 6 nitrogen and oxygen atoms in total. The molecule has 0 aromatic rings. The Hall–Kier alpha value is -1.92. The molecule has 0 spiro atoms. The van der Waals surface area contributed by atoms with E-state index in [4.69, 9.17) is 4.74 Å². The summed E-state index contributed by atoms with van der Waals surface area (Å²) in [6, 6.07) is -0.630. The van der Waals surface area contributed by atoms with Gasteiger partial charge in [0.15, 0.2) is 0 Å². The Morgan fingerprint density at radius 1 is 0.333 bits per heavy atom. The van der Waals surface area contributed by atoms with E-state index in [1.165, 1.54) is 353 Å². The van der Waals surface area contributed by atoms with Gasteiger partial charge in [0, 0.05) is 12.8 Å². The fourth-order valence-electron chi connectivity index (χ4n) is 12.1. The lowest BCUT2D eigenvalue weighted by atomic mass is 10.0. The van der Waals surface area contributed by atoms with Gasteiger partial charge in [-0.1, -0.05) is 384 Å². The maximum atomic E-state index is 12.5. The highest BCUT2D eigenvalue weighted by molar-refractivity contribution is 5.76. The van der Waals surface area contributed by atoms with Gasteiger partial charge in [-0.25, -0.2) is 0 Å². The summed E-state index contributed by atoms with van der Waals surface area (Å²) in [5.74, 6) is -0.0485. The zero-order chi connectivity index (χ0) is 60.6. The van der Waals surface area contributed by atoms with Gasteiger partial charge >= 0.3 is 5.97 Å². The minimum absolute atomic E-state index is 0.0164. The highest BCUT2D eigenvalue weighted by Gasteiger charge is 2.18. The van der Waals surface area contributed by atoms with Crippen LogP contribution < -0.4 is 5.32 Å². The van der Waals surface area contributed by atoms with Gasteiger partial charge in [0.2, 0.25) is 5.91 Å². The topological polar surface area (TPSA) is 95.9 Å². The summed E-state index contributed by atoms with van der Waals surface area (Å²) in [7, 11) is 0. The molecule has 0 fully saturated rings. The highest BCUT2D eigenvalue weighted by atomic mass is 16.5. The number of allylic oxidation sites excluding steroid dienone is 5. The number of rotatable bonds is 72. The number of aliphatic hydroxyl groups is 2. The Morgan fingerprint density at radius 2 is 0.595 bits per heavy atom. The molecule has 0 saturated carbocycles. The number of aliphatic hydroxyl groups excluding tert-OH is 2. The third-order valence-electron chi connectivity index (χ3n) is 17.9. The monoisotopic (exact) mass is 1180 g/mol. The molecule has 0 heterocycles. The standard InChI is InChI=1S/C78H149NO5/c1-3-5-7-9-11-13-15-17-19-21-22-32-35-39-42-46-50-54-58-62-66-70-76(81)75(74-80)79-77(82)71-67-63-59-55-51-47-43-40-36-33-30-28-26-24-23-25-27-29-31-34-37-41-45-49-53-57-61-65-69-73-84-78(83)72-68-64-60-56-52-48-44-38-20-18-16-14-12-10-8-6-4-2/h23,25,29,31,66,70,75-76,80-81H,3-22,24,26-28,30,32-65,67-69,71-74H2,1-2H3,(H,79,82)/b25-23-,31-29-,70-66+. The Labute approximate surface area is 525 Å². The first-order valence-corrected chi connectivity index (χ1v) is 38.3. The van der Waals surface area contributed by atoms with E-state index in [-0.39, 0.29) is 18.5 Å². The summed E-state index contributed by atoms with van der Waals surface area (Å²) in [6.45, 7) is 4.95. The van der Waals surface area contributed by atoms with Crippen LogP contribution in [0.25, 0.3) is 0 Å². The summed E-state index contributed by atoms with van der Waals surface area (Å²) < 4.78 is 5.51. The SMILES string of the molecule is CCCCCCCCCCCCCCCCCCCCC/C=C/C(O)C(CO)NC(=O)CCCCCCCCCCCCCCC/C=C\C/C=C\CCCCCCCCCCCOC(=O)CCCCCCCCCCCCCCCCCCC. The number of esters is 1. The van der Waals surface area contributed by atoms with Crippen LogP contribution in [0.1, 0.15) is 425 Å². The fraction of sp³-hybridized carbons (Fsp3) is 0.897. The Balaban J connectivity index is 3.41. The highest BCUT2D eigenvalue weighted by Crippen LogP contribution is 2.19. The van der Waals surface area contributed by atoms with Gasteiger partial charge < -0.3 is 20.3 Å². The van der Waals surface area contributed by atoms with Crippen LogP contribution in [0.15, 0.2) is 36.5 Å². The number of carbonyl (C=O) groups is 2. The average Bonchev–Trinajstić information content (AvgIpc) is 3.51. The molecule has 0 aliphatic rings. The number of amides is 1. The second kappa shape index (κ2) is 73.5. The summed E-state index contributed by atoms with van der Waals surface area (Å²) in [5, 5.41) is 23.3. The molecule has 0 bridgehead atoms. The van der Waals surface area contributed by atoms with E-state index < -0.39 is 12.1 Å². The third kappa shape index (κ3) is 69.2. The van der Waals surface area contributed by atoms with Crippen LogP contribution in [0.3, 0.4) is 0 Å². The molecule has 0 aliphatic carbocycles. The summed E-state index contributed by atoms with van der Waals surface area (Å²) in [5.41, 5.74) is 0. The first kappa shape index (κ1) is 82.1. The molecule has 84 heavy (non-hydrogen) atoms. The molecule has 0 saturated heterocycles. The van der Waals surface area contributed by atoms with Crippen molar-refractivity contribution in [3.63, 3.8) is 0 Å². The predicted molar refractivity (Wildman–Crippen MR) is 370 cm³/mol. The van der Waals surface area contributed by atoms with Gasteiger partial charge in [-0.15, -0.1) is 0 Å². The van der Waals surface area contributed by atoms with Crippen LogP contribution in [0.4, 0.5) is 0 Å². The van der Waals surface area contributed by atoms with E-state index in [9.17, 15) is 19.8 Å². The lowest BCUT2D eigenvalue weighted by Crippen LogP contribution is -2.45. The van der Waals surface area contributed by atoms with Gasteiger partial charge in [0.25, 0.3) is 0 Å². The number of hydrogen-bond donors (Lipinski definition) is 3. The predicted octanol–water partition coefficient (Wildman–Crippen LogP) is 25.0. The first-order valence-electron chi connectivity index (χ1n) is 38.3. The van der Waals surface area contributed by atoms with Crippen LogP contribution in [0, 0.1) is 0 Å². The van der Waals surface area contributed by atoms with Crippen LogP contribution in [0.5, 0.6) is 0 Å². The van der Waals surface area contributed by atoms with Crippen molar-refractivity contribution in [1.29, 1.82) is 0 Å². The molecule has 0 rings (SSSR count). The van der Waals surface area contributed by atoms with Crippen LogP contribution in [0.2, 0.25) is 0 Å². The molecule has 2 unspecified atom stereocenters. The van der Waals surface area contributed by atoms with Gasteiger partial charge in [0.05, 0.1) is 25.4 Å². The number of unbranched alkanes of at least 4 members (excludes halogenated alkanes) is 57. The van der Waals surface area contributed by atoms with Crippen molar-refractivity contribution in [1.82, 2.24) is 5.32 Å². The minimum atomic E-state index is -0.847. The molecule has 496 valence electrons. The minimum Gasteiger partial charge on any atom is -0.466 e. The van der Waals surface area contributed by atoms with E-state index in [0.717, 1.165) is 44.9 Å². The number of carbonyl (C=O) groups excluding carboxylic acids is 2. The lowest BCUT2D eigenvalue weighted by molar-refractivity contribution is -0.143. The third-order valence-corrected chi connectivity index (χ3v) is 17.9. The maximum Gasteiger partial charge on any atom is 0.305 e. The Kier molecular flexibility index (Phi) is 71.9. The molecule has 1 amide bonds. The molecular weight excluding hydrogens is 1030 g/mol. The molecule has 3 N–H and O–H groups in total. The summed E-state index contributed by atoms with van der Waals surface area (Å²) in [4.78, 5) is 24.6. The van der Waals surface area contributed by atoms with E-state index in [0.29, 0.717) is 19.4 Å². The van der Waals surface area contributed by atoms with Crippen molar-refractivity contribution >= 4 is 11.9 Å². The lowest BCUT2D eigenvalue weighted by Gasteiger charge is -2.20. The molecule has 0 radical (unpaired) electrons. The molecule has 2 atom stereocenters. The number of ether oxygens (including phenoxy) is 1. The second-order valence-electron chi connectivity index (χ2n) is 26.3. The van der Waals surface area contributed by atoms with Gasteiger partial charge in [-0.2, -0.15) is 0 Å². The average molecular weight is 1180 g/mol. The molecule has 0 aromatic carbocycles. The van der Waals surface area contributed by atoms with E-state index >= 15 is 0 Å². The van der Waals surface area contributed by atoms with E-state index in [2.05, 4.69) is 43.5 Å². The summed E-state index contributed by atoms with van der Waals surface area (Å²) in [6.07, 6.45) is 95.3. The fourth-order valence-corrected chi connectivity index (χ4v) is 12.1. The van der Waals surface area contributed by atoms with E-state index in [1.54, 1.807) is 6.08 Å². The van der Waals surface area contributed by atoms with Crippen molar-refractivity contribution in [2.75, 3.05) is 13.2 Å². The quantitative estimate of drug-likeness (QED) is 0.0320. The zero-order valence-electron chi connectivity index (χ0n) is 56.9. The van der Waals surface area contributed by atoms with Crippen molar-refractivity contribution in [3.05, 3.63) is 36.5 Å². The van der Waals surface area contributed by atoms with Gasteiger partial charge in [-0.3, -0.25) is 9.59 Å². The maximum absolute atomic E-state index is 12.5. The second-order valence-corrected chi connectivity index (χ2v) is 26.3. The van der Waals surface area contributed by atoms with Crippen LogP contribution >= 0.6 is 0 Å². The van der Waals surface area contributed by atoms with Gasteiger partial charge in [-0.05, 0) is 64.2 Å². The van der Waals surface area contributed by atoms with Crippen LogP contribution in [-0.2, 0) is 14.3 Å².